The molecule has 0 aromatic heterocycles. The Morgan fingerprint density at radius 3 is 2.47 bits per heavy atom. The molecule has 0 atom stereocenters. The van der Waals surface area contributed by atoms with E-state index in [2.05, 4.69) is 0 Å². The van der Waals surface area contributed by atoms with E-state index in [-0.39, 0.29) is 16.6 Å². The Morgan fingerprint density at radius 1 is 1.35 bits per heavy atom. The van der Waals surface area contributed by atoms with E-state index in [4.69, 9.17) is 15.6 Å². The number of primary sulfonamides is 1. The van der Waals surface area contributed by atoms with Crippen LogP contribution in [-0.4, -0.2) is 20.4 Å². The van der Waals surface area contributed by atoms with Gasteiger partial charge in [0, 0.05) is 6.07 Å². The highest BCUT2D eigenvalue weighted by molar-refractivity contribution is 7.89. The fourth-order valence-corrected chi connectivity index (χ4v) is 2.15. The number of carbonyl (C=O) groups excluding carboxylic acids is 1. The van der Waals surface area contributed by atoms with Crippen LogP contribution < -0.4 is 15.6 Å². The summed E-state index contributed by atoms with van der Waals surface area (Å²) < 4.78 is 28.1. The summed E-state index contributed by atoms with van der Waals surface area (Å²) in [6.07, 6.45) is 2.02. The lowest BCUT2D eigenvalue weighted by molar-refractivity contribution is 0.0997. The monoisotopic (exact) mass is 256 g/mol. The number of sulfonamides is 1. The smallest absolute Gasteiger partial charge is 0.250 e. The fourth-order valence-electron chi connectivity index (χ4n) is 1.39. The van der Waals surface area contributed by atoms with Crippen LogP contribution in [0, 0.1) is 0 Å². The molecular formula is C10H12N2O4S. The third kappa shape index (κ3) is 2.75. The van der Waals surface area contributed by atoms with Gasteiger partial charge in [-0.1, -0.05) is 0 Å². The standard InChI is InChI=1S/C10H12N2O4S/c11-10(13)8-4-3-7(16-6-1-2-6)5-9(8)17(12,14)15/h3-6H,1-2H2,(H2,11,13)(H2,12,14,15). The van der Waals surface area contributed by atoms with Gasteiger partial charge < -0.3 is 10.5 Å². The minimum absolute atomic E-state index is 0.128. The van der Waals surface area contributed by atoms with Gasteiger partial charge in [-0.2, -0.15) is 0 Å². The van der Waals surface area contributed by atoms with Crippen LogP contribution in [0.4, 0.5) is 0 Å². The van der Waals surface area contributed by atoms with Gasteiger partial charge in [0.15, 0.2) is 0 Å². The normalized spacial score (nSPS) is 15.6. The van der Waals surface area contributed by atoms with Crippen LogP contribution in [0.5, 0.6) is 5.75 Å². The second kappa shape index (κ2) is 4.01. The molecule has 0 aliphatic heterocycles. The Balaban J connectivity index is 2.45. The van der Waals surface area contributed by atoms with Crippen molar-refractivity contribution >= 4 is 15.9 Å². The van der Waals surface area contributed by atoms with E-state index >= 15 is 0 Å². The number of nitrogens with two attached hydrogens (primary N) is 2. The zero-order chi connectivity index (χ0) is 12.6. The number of carbonyl (C=O) groups is 1. The number of primary amides is 1. The van der Waals surface area contributed by atoms with Crippen molar-refractivity contribution in [1.82, 2.24) is 0 Å². The predicted molar refractivity (Wildman–Crippen MR) is 60.0 cm³/mol. The molecule has 0 unspecified atom stereocenters. The molecule has 0 spiro atoms. The van der Waals surface area contributed by atoms with Crippen LogP contribution in [0.15, 0.2) is 23.1 Å². The molecule has 1 aromatic rings. The van der Waals surface area contributed by atoms with Crippen molar-refractivity contribution < 1.29 is 17.9 Å². The molecule has 0 heterocycles. The van der Waals surface area contributed by atoms with Crippen molar-refractivity contribution in [2.75, 3.05) is 0 Å². The number of rotatable bonds is 4. The number of hydrogen-bond acceptors (Lipinski definition) is 4. The average molecular weight is 256 g/mol. The van der Waals surface area contributed by atoms with Gasteiger partial charge in [-0.15, -0.1) is 0 Å². The Bertz CT molecular complexity index is 564. The van der Waals surface area contributed by atoms with E-state index in [0.717, 1.165) is 12.8 Å². The van der Waals surface area contributed by atoms with Crippen LogP contribution in [-0.2, 0) is 10.0 Å². The molecule has 0 radical (unpaired) electrons. The summed E-state index contributed by atoms with van der Waals surface area (Å²) in [5.74, 6) is -0.464. The van der Waals surface area contributed by atoms with Crippen molar-refractivity contribution in [2.45, 2.75) is 23.8 Å². The van der Waals surface area contributed by atoms with Crippen LogP contribution >= 0.6 is 0 Å². The van der Waals surface area contributed by atoms with Crippen molar-refractivity contribution in [1.29, 1.82) is 0 Å². The molecule has 17 heavy (non-hydrogen) atoms. The van der Waals surface area contributed by atoms with E-state index in [1.807, 2.05) is 0 Å². The second-order valence-corrected chi connectivity index (χ2v) is 5.41. The fraction of sp³-hybridized carbons (Fsp3) is 0.300. The Kier molecular flexibility index (Phi) is 2.80. The predicted octanol–water partition coefficient (Wildman–Crippen LogP) is -0.0259. The molecule has 6 nitrogen and oxygen atoms in total. The highest BCUT2D eigenvalue weighted by atomic mass is 32.2. The van der Waals surface area contributed by atoms with E-state index in [1.54, 1.807) is 0 Å². The summed E-state index contributed by atoms with van der Waals surface area (Å²) in [6.45, 7) is 0. The maximum atomic E-state index is 11.3. The molecule has 1 fully saturated rings. The molecule has 0 saturated heterocycles. The first-order chi connectivity index (χ1) is 7.88. The van der Waals surface area contributed by atoms with Crippen LogP contribution in [0.25, 0.3) is 0 Å². The molecule has 7 heteroatoms. The molecule has 1 aliphatic rings. The summed E-state index contributed by atoms with van der Waals surface area (Å²) in [6, 6.07) is 4.04. The van der Waals surface area contributed by atoms with Crippen LogP contribution in [0.2, 0.25) is 0 Å². The molecule has 1 saturated carbocycles. The van der Waals surface area contributed by atoms with Crippen molar-refractivity contribution in [3.63, 3.8) is 0 Å². The van der Waals surface area contributed by atoms with Gasteiger partial charge in [-0.05, 0) is 25.0 Å². The van der Waals surface area contributed by atoms with E-state index < -0.39 is 15.9 Å². The lowest BCUT2D eigenvalue weighted by Gasteiger charge is -2.08. The van der Waals surface area contributed by atoms with E-state index in [0.29, 0.717) is 5.75 Å². The topological polar surface area (TPSA) is 112 Å². The minimum Gasteiger partial charge on any atom is -0.490 e. The van der Waals surface area contributed by atoms with Gasteiger partial charge in [-0.3, -0.25) is 4.79 Å². The van der Waals surface area contributed by atoms with E-state index in [9.17, 15) is 13.2 Å². The molecule has 1 aromatic carbocycles. The third-order valence-electron chi connectivity index (χ3n) is 2.35. The first-order valence-electron chi connectivity index (χ1n) is 5.01. The molecule has 0 bridgehead atoms. The minimum atomic E-state index is -4.00. The van der Waals surface area contributed by atoms with Crippen molar-refractivity contribution in [3.05, 3.63) is 23.8 Å². The van der Waals surface area contributed by atoms with Crippen LogP contribution in [0.3, 0.4) is 0 Å². The first kappa shape index (κ1) is 11.9. The lowest BCUT2D eigenvalue weighted by atomic mass is 10.2. The van der Waals surface area contributed by atoms with Crippen molar-refractivity contribution in [3.8, 4) is 5.75 Å². The average Bonchev–Trinajstić information content (AvgIpc) is 3.00. The maximum Gasteiger partial charge on any atom is 0.250 e. The SMILES string of the molecule is NC(=O)c1ccc(OC2CC2)cc1S(N)(=O)=O. The van der Waals surface area contributed by atoms with Crippen molar-refractivity contribution in [2.24, 2.45) is 10.9 Å². The summed E-state index contributed by atoms with van der Waals surface area (Å²) in [7, 11) is -4.00. The first-order valence-corrected chi connectivity index (χ1v) is 6.56. The highest BCUT2D eigenvalue weighted by Crippen LogP contribution is 2.29. The van der Waals surface area contributed by atoms with Gasteiger partial charge >= 0.3 is 0 Å². The number of ether oxygens (including phenoxy) is 1. The Hall–Kier alpha value is -1.60. The molecule has 1 aliphatic carbocycles. The Labute approximate surface area is 98.6 Å². The summed E-state index contributed by atoms with van der Waals surface area (Å²) in [5.41, 5.74) is 4.95. The molecular weight excluding hydrogens is 244 g/mol. The summed E-state index contributed by atoms with van der Waals surface area (Å²) in [4.78, 5) is 10.8. The molecule has 4 N–H and O–H groups in total. The third-order valence-corrected chi connectivity index (χ3v) is 3.30. The van der Waals surface area contributed by atoms with Gasteiger partial charge in [0.25, 0.3) is 0 Å². The second-order valence-electron chi connectivity index (χ2n) is 3.88. The van der Waals surface area contributed by atoms with E-state index in [1.165, 1.54) is 18.2 Å². The molecule has 1 amide bonds. The van der Waals surface area contributed by atoms with Crippen LogP contribution in [0.1, 0.15) is 23.2 Å². The molecule has 2 rings (SSSR count). The van der Waals surface area contributed by atoms with Gasteiger partial charge in [-0.25, -0.2) is 13.6 Å². The zero-order valence-corrected chi connectivity index (χ0v) is 9.74. The summed E-state index contributed by atoms with van der Waals surface area (Å²) in [5, 5.41) is 5.02. The quantitative estimate of drug-likeness (QED) is 0.787. The largest absolute Gasteiger partial charge is 0.490 e. The molecule has 92 valence electrons. The van der Waals surface area contributed by atoms with Gasteiger partial charge in [0.1, 0.15) is 5.75 Å². The summed E-state index contributed by atoms with van der Waals surface area (Å²) >= 11 is 0. The maximum absolute atomic E-state index is 11.3. The number of amides is 1. The lowest BCUT2D eigenvalue weighted by Crippen LogP contribution is -2.20. The Morgan fingerprint density at radius 2 is 2.00 bits per heavy atom. The number of hydrogen-bond donors (Lipinski definition) is 2. The highest BCUT2D eigenvalue weighted by Gasteiger charge is 2.25. The van der Waals surface area contributed by atoms with Gasteiger partial charge in [0.2, 0.25) is 15.9 Å². The number of benzene rings is 1. The van der Waals surface area contributed by atoms with Gasteiger partial charge in [0.05, 0.1) is 16.6 Å². The zero-order valence-electron chi connectivity index (χ0n) is 8.92.